The summed E-state index contributed by atoms with van der Waals surface area (Å²) in [5, 5.41) is 0. The number of carbonyl (C=O) groups excluding carboxylic acids is 2. The molecule has 0 saturated carbocycles. The van der Waals surface area contributed by atoms with Gasteiger partial charge in [0, 0.05) is 6.42 Å². The third-order valence-electron chi connectivity index (χ3n) is 3.68. The number of hydrogen-bond acceptors (Lipinski definition) is 2. The number of benzene rings is 1. The number of carbonyl (C=O) groups is 2. The molecule has 0 radical (unpaired) electrons. The molecule has 1 saturated heterocycles. The summed E-state index contributed by atoms with van der Waals surface area (Å²) in [7, 11) is 0. The zero-order chi connectivity index (χ0) is 14.9. The third kappa shape index (κ3) is 2.67. The monoisotopic (exact) mass is 271 g/mol. The maximum atomic E-state index is 12.2. The maximum Gasteiger partial charge on any atom is 0.237 e. The largest absolute Gasteiger partial charge is 0.274 e. The molecule has 1 aromatic carbocycles. The van der Waals surface area contributed by atoms with E-state index in [1.165, 1.54) is 10.5 Å². The van der Waals surface area contributed by atoms with E-state index in [0.29, 0.717) is 12.1 Å². The molecule has 1 atom stereocenters. The Balaban J connectivity index is 2.26. The molecule has 1 aromatic rings. The first-order valence-corrected chi connectivity index (χ1v) is 6.93. The molecule has 0 spiro atoms. The number of imide groups is 1. The average molecular weight is 271 g/mol. The van der Waals surface area contributed by atoms with Crippen molar-refractivity contribution >= 4 is 17.5 Å². The Hall–Kier alpha value is -1.90. The van der Waals surface area contributed by atoms with Gasteiger partial charge in [0.25, 0.3) is 0 Å². The number of rotatable bonds is 3. The minimum Gasteiger partial charge on any atom is -0.274 e. The van der Waals surface area contributed by atoms with Crippen LogP contribution in [0.4, 0.5) is 5.69 Å². The fourth-order valence-electron chi connectivity index (χ4n) is 2.46. The van der Waals surface area contributed by atoms with Crippen LogP contribution in [0.1, 0.15) is 39.2 Å². The molecule has 1 aliphatic heterocycles. The van der Waals surface area contributed by atoms with E-state index in [-0.39, 0.29) is 29.6 Å². The van der Waals surface area contributed by atoms with Gasteiger partial charge in [-0.2, -0.15) is 0 Å². The summed E-state index contributed by atoms with van der Waals surface area (Å²) >= 11 is 0. The molecule has 1 aliphatic rings. The van der Waals surface area contributed by atoms with E-state index < -0.39 is 0 Å². The van der Waals surface area contributed by atoms with Gasteiger partial charge in [-0.25, -0.2) is 0 Å². The summed E-state index contributed by atoms with van der Waals surface area (Å²) in [4.78, 5) is 25.6. The minimum atomic E-state index is -0.248. The van der Waals surface area contributed by atoms with Crippen molar-refractivity contribution < 1.29 is 9.59 Å². The predicted molar refractivity (Wildman–Crippen MR) is 80.6 cm³/mol. The van der Waals surface area contributed by atoms with E-state index in [2.05, 4.69) is 27.4 Å². The van der Waals surface area contributed by atoms with Crippen molar-refractivity contribution in [2.45, 2.75) is 39.0 Å². The van der Waals surface area contributed by atoms with E-state index in [4.69, 9.17) is 0 Å². The van der Waals surface area contributed by atoms with Crippen LogP contribution in [0.3, 0.4) is 0 Å². The molecule has 0 bridgehead atoms. The maximum absolute atomic E-state index is 12.2. The fraction of sp³-hybridized carbons (Fsp3) is 0.412. The highest BCUT2D eigenvalue weighted by atomic mass is 16.2. The molecule has 1 unspecified atom stereocenters. The fourth-order valence-corrected chi connectivity index (χ4v) is 2.46. The zero-order valence-electron chi connectivity index (χ0n) is 12.3. The molecular weight excluding hydrogens is 250 g/mol. The van der Waals surface area contributed by atoms with Crippen molar-refractivity contribution in [3.63, 3.8) is 0 Å². The summed E-state index contributed by atoms with van der Waals surface area (Å²) in [6.07, 6.45) is 2.54. The van der Waals surface area contributed by atoms with Crippen LogP contribution in [0.2, 0.25) is 0 Å². The summed E-state index contributed by atoms with van der Waals surface area (Å²) in [6.45, 7) is 10.0. The Morgan fingerprint density at radius 2 is 1.85 bits per heavy atom. The second-order valence-electron chi connectivity index (χ2n) is 6.29. The standard InChI is InChI=1S/C17H21NO2/c1-5-6-12-11-15(19)18(16(12)20)14-9-7-13(8-10-14)17(2,3)4/h5,7-10,12H,1,6,11H2,2-4H3. The SMILES string of the molecule is C=CCC1CC(=O)N(c2ccc(C(C)(C)C)cc2)C1=O. The average Bonchev–Trinajstić information content (AvgIpc) is 2.64. The molecule has 1 fully saturated rings. The van der Waals surface area contributed by atoms with Gasteiger partial charge in [0.1, 0.15) is 0 Å². The van der Waals surface area contributed by atoms with Gasteiger partial charge >= 0.3 is 0 Å². The van der Waals surface area contributed by atoms with Crippen molar-refractivity contribution in [1.82, 2.24) is 0 Å². The molecule has 2 rings (SSSR count). The third-order valence-corrected chi connectivity index (χ3v) is 3.68. The normalized spacial score (nSPS) is 19.6. The van der Waals surface area contributed by atoms with Crippen molar-refractivity contribution in [2.75, 3.05) is 4.90 Å². The molecule has 1 heterocycles. The minimum absolute atomic E-state index is 0.0585. The van der Waals surface area contributed by atoms with Gasteiger partial charge in [0.05, 0.1) is 11.6 Å². The number of nitrogens with zero attached hydrogens (tertiary/aromatic N) is 1. The van der Waals surface area contributed by atoms with Crippen LogP contribution in [0.15, 0.2) is 36.9 Å². The van der Waals surface area contributed by atoms with E-state index in [1.807, 2.05) is 24.3 Å². The Kier molecular flexibility index (Phi) is 3.80. The van der Waals surface area contributed by atoms with E-state index >= 15 is 0 Å². The molecule has 20 heavy (non-hydrogen) atoms. The molecule has 3 nitrogen and oxygen atoms in total. The number of hydrogen-bond donors (Lipinski definition) is 0. The lowest BCUT2D eigenvalue weighted by atomic mass is 9.87. The smallest absolute Gasteiger partial charge is 0.237 e. The Labute approximate surface area is 120 Å². The highest BCUT2D eigenvalue weighted by Crippen LogP contribution is 2.30. The van der Waals surface area contributed by atoms with Crippen LogP contribution in [-0.2, 0) is 15.0 Å². The quantitative estimate of drug-likeness (QED) is 0.624. The Bertz CT molecular complexity index is 537. The Morgan fingerprint density at radius 3 is 2.35 bits per heavy atom. The van der Waals surface area contributed by atoms with Gasteiger partial charge in [-0.3, -0.25) is 14.5 Å². The van der Waals surface area contributed by atoms with Crippen molar-refractivity contribution in [1.29, 1.82) is 0 Å². The van der Waals surface area contributed by atoms with Crippen LogP contribution in [0, 0.1) is 5.92 Å². The van der Waals surface area contributed by atoms with Gasteiger partial charge in [0.2, 0.25) is 11.8 Å². The van der Waals surface area contributed by atoms with Gasteiger partial charge in [-0.1, -0.05) is 39.0 Å². The molecule has 0 aliphatic carbocycles. The summed E-state index contributed by atoms with van der Waals surface area (Å²) < 4.78 is 0. The van der Waals surface area contributed by atoms with Crippen LogP contribution in [0.5, 0.6) is 0 Å². The van der Waals surface area contributed by atoms with Gasteiger partial charge in [0.15, 0.2) is 0 Å². The highest BCUT2D eigenvalue weighted by molar-refractivity contribution is 6.20. The van der Waals surface area contributed by atoms with Crippen LogP contribution in [-0.4, -0.2) is 11.8 Å². The molecule has 0 N–H and O–H groups in total. The zero-order valence-corrected chi connectivity index (χ0v) is 12.3. The van der Waals surface area contributed by atoms with Gasteiger partial charge in [-0.05, 0) is 29.5 Å². The lowest BCUT2D eigenvalue weighted by Crippen LogP contribution is -2.30. The highest BCUT2D eigenvalue weighted by Gasteiger charge is 2.38. The molecule has 106 valence electrons. The van der Waals surface area contributed by atoms with Crippen LogP contribution >= 0.6 is 0 Å². The van der Waals surface area contributed by atoms with E-state index in [9.17, 15) is 9.59 Å². The molecule has 0 aromatic heterocycles. The van der Waals surface area contributed by atoms with Gasteiger partial charge in [-0.15, -0.1) is 6.58 Å². The summed E-state index contributed by atoms with van der Waals surface area (Å²) in [5.74, 6) is -0.481. The Morgan fingerprint density at radius 1 is 1.25 bits per heavy atom. The molecule has 2 amide bonds. The second kappa shape index (κ2) is 5.23. The number of anilines is 1. The second-order valence-corrected chi connectivity index (χ2v) is 6.29. The van der Waals surface area contributed by atoms with Crippen molar-refractivity contribution in [3.05, 3.63) is 42.5 Å². The summed E-state index contributed by atoms with van der Waals surface area (Å²) in [5.41, 5.74) is 1.91. The van der Waals surface area contributed by atoms with Crippen LogP contribution in [0.25, 0.3) is 0 Å². The van der Waals surface area contributed by atoms with E-state index in [1.54, 1.807) is 6.08 Å². The molecular formula is C17H21NO2. The van der Waals surface area contributed by atoms with Crippen LogP contribution < -0.4 is 4.90 Å². The van der Waals surface area contributed by atoms with Gasteiger partial charge < -0.3 is 0 Å². The lowest BCUT2D eigenvalue weighted by molar-refractivity contribution is -0.122. The first kappa shape index (κ1) is 14.5. The number of allylic oxidation sites excluding steroid dienone is 1. The first-order valence-electron chi connectivity index (χ1n) is 6.93. The lowest BCUT2D eigenvalue weighted by Gasteiger charge is -2.21. The van der Waals surface area contributed by atoms with Crippen molar-refractivity contribution in [3.8, 4) is 0 Å². The van der Waals surface area contributed by atoms with Crippen molar-refractivity contribution in [2.24, 2.45) is 5.92 Å². The summed E-state index contributed by atoms with van der Waals surface area (Å²) in [6, 6.07) is 7.67. The topological polar surface area (TPSA) is 37.4 Å². The first-order chi connectivity index (χ1) is 9.34. The number of amides is 2. The molecule has 3 heteroatoms. The van der Waals surface area contributed by atoms with E-state index in [0.717, 1.165) is 0 Å². The predicted octanol–water partition coefficient (Wildman–Crippen LogP) is 3.44.